The van der Waals surface area contributed by atoms with E-state index in [0.29, 0.717) is 17.1 Å². The summed E-state index contributed by atoms with van der Waals surface area (Å²) < 4.78 is 33.2. The van der Waals surface area contributed by atoms with E-state index < -0.39 is 15.9 Å². The van der Waals surface area contributed by atoms with Gasteiger partial charge in [0.15, 0.2) is 0 Å². The Labute approximate surface area is 150 Å². The monoisotopic (exact) mass is 384 g/mol. The molecule has 0 bridgehead atoms. The molecule has 7 nitrogen and oxygen atoms in total. The number of hydrogen-bond acceptors (Lipinski definition) is 5. The third-order valence-corrected chi connectivity index (χ3v) is 4.68. The molecule has 0 heterocycles. The highest BCUT2D eigenvalue weighted by Gasteiger charge is 2.16. The van der Waals surface area contributed by atoms with Crippen molar-refractivity contribution in [1.29, 1.82) is 0 Å². The predicted octanol–water partition coefficient (Wildman–Crippen LogP) is 1.93. The summed E-state index contributed by atoms with van der Waals surface area (Å²) >= 11 is 5.99. The molecule has 0 aliphatic rings. The predicted molar refractivity (Wildman–Crippen MR) is 93.5 cm³/mol. The second-order valence-corrected chi connectivity index (χ2v) is 7.02. The Morgan fingerprint density at radius 3 is 2.48 bits per heavy atom. The SMILES string of the molecule is COc1ccc(OC)c(CNC(=O)c2cc(S(N)(=O)=O)ccc2Cl)c1. The van der Waals surface area contributed by atoms with Crippen LogP contribution in [0.25, 0.3) is 0 Å². The molecule has 2 aromatic rings. The van der Waals surface area contributed by atoms with E-state index in [1.165, 1.54) is 26.4 Å². The molecule has 9 heteroatoms. The van der Waals surface area contributed by atoms with Gasteiger partial charge in [0, 0.05) is 12.1 Å². The Kier molecular flexibility index (Phi) is 5.89. The van der Waals surface area contributed by atoms with E-state index in [0.717, 1.165) is 6.07 Å². The van der Waals surface area contributed by atoms with E-state index in [-0.39, 0.29) is 22.0 Å². The molecular weight excluding hydrogens is 368 g/mol. The van der Waals surface area contributed by atoms with Crippen molar-refractivity contribution in [2.24, 2.45) is 5.14 Å². The zero-order valence-corrected chi connectivity index (χ0v) is 15.1. The van der Waals surface area contributed by atoms with Gasteiger partial charge in [0.1, 0.15) is 11.5 Å². The van der Waals surface area contributed by atoms with Gasteiger partial charge in [0.2, 0.25) is 10.0 Å². The highest BCUT2D eigenvalue weighted by molar-refractivity contribution is 7.89. The molecule has 0 saturated heterocycles. The molecule has 0 aliphatic heterocycles. The molecule has 1 amide bonds. The minimum absolute atomic E-state index is 0.00931. The van der Waals surface area contributed by atoms with Crippen molar-refractivity contribution in [3.05, 3.63) is 52.5 Å². The molecule has 0 radical (unpaired) electrons. The minimum atomic E-state index is -3.94. The number of nitrogens with two attached hydrogens (primary N) is 1. The molecule has 0 atom stereocenters. The molecule has 2 rings (SSSR count). The van der Waals surface area contributed by atoms with E-state index in [9.17, 15) is 13.2 Å². The molecule has 3 N–H and O–H groups in total. The van der Waals surface area contributed by atoms with Crippen LogP contribution in [-0.2, 0) is 16.6 Å². The molecule has 0 spiro atoms. The summed E-state index contributed by atoms with van der Waals surface area (Å²) in [6.45, 7) is 0.134. The first-order chi connectivity index (χ1) is 11.8. The first-order valence-corrected chi connectivity index (χ1v) is 9.00. The van der Waals surface area contributed by atoms with E-state index in [4.69, 9.17) is 26.2 Å². The van der Waals surface area contributed by atoms with E-state index in [1.54, 1.807) is 18.2 Å². The molecule has 0 fully saturated rings. The number of carbonyl (C=O) groups excluding carboxylic acids is 1. The molecule has 25 heavy (non-hydrogen) atoms. The first-order valence-electron chi connectivity index (χ1n) is 7.07. The van der Waals surface area contributed by atoms with Crippen LogP contribution in [0.5, 0.6) is 11.5 Å². The fourth-order valence-corrected chi connectivity index (χ4v) is 2.89. The molecular formula is C16H17ClN2O5S. The summed E-state index contributed by atoms with van der Waals surface area (Å²) in [6, 6.07) is 8.85. The van der Waals surface area contributed by atoms with Crippen LogP contribution in [0.4, 0.5) is 0 Å². The summed E-state index contributed by atoms with van der Waals surface area (Å²) in [7, 11) is -0.894. The third kappa shape index (κ3) is 4.62. The molecule has 0 unspecified atom stereocenters. The molecule has 2 aromatic carbocycles. The van der Waals surface area contributed by atoms with Crippen molar-refractivity contribution in [1.82, 2.24) is 5.32 Å². The maximum atomic E-state index is 12.4. The van der Waals surface area contributed by atoms with E-state index in [2.05, 4.69) is 5.32 Å². The average molecular weight is 385 g/mol. The Balaban J connectivity index is 2.24. The van der Waals surface area contributed by atoms with E-state index >= 15 is 0 Å². The number of primary sulfonamides is 1. The normalized spacial score (nSPS) is 11.0. The number of benzene rings is 2. The number of carbonyl (C=O) groups is 1. The van der Waals surface area contributed by atoms with Crippen LogP contribution >= 0.6 is 11.6 Å². The van der Waals surface area contributed by atoms with Crippen LogP contribution < -0.4 is 19.9 Å². The highest BCUT2D eigenvalue weighted by Crippen LogP contribution is 2.24. The molecule has 134 valence electrons. The summed E-state index contributed by atoms with van der Waals surface area (Å²) in [4.78, 5) is 12.2. The van der Waals surface area contributed by atoms with Crippen molar-refractivity contribution < 1.29 is 22.7 Å². The summed E-state index contributed by atoms with van der Waals surface area (Å²) in [5.41, 5.74) is 0.698. The van der Waals surface area contributed by atoms with Gasteiger partial charge in [0.25, 0.3) is 5.91 Å². The van der Waals surface area contributed by atoms with Gasteiger partial charge in [-0.1, -0.05) is 11.6 Å². The molecule has 0 saturated carbocycles. The second-order valence-electron chi connectivity index (χ2n) is 5.05. The van der Waals surface area contributed by atoms with Gasteiger partial charge < -0.3 is 14.8 Å². The number of halogens is 1. The number of rotatable bonds is 6. The van der Waals surface area contributed by atoms with Gasteiger partial charge in [-0.05, 0) is 36.4 Å². The number of nitrogens with one attached hydrogen (secondary N) is 1. The number of amides is 1. The van der Waals surface area contributed by atoms with Crippen molar-refractivity contribution in [3.8, 4) is 11.5 Å². The van der Waals surface area contributed by atoms with Crippen molar-refractivity contribution in [2.75, 3.05) is 14.2 Å². The van der Waals surface area contributed by atoms with Crippen LogP contribution in [-0.4, -0.2) is 28.5 Å². The van der Waals surface area contributed by atoms with Gasteiger partial charge in [-0.25, -0.2) is 13.6 Å². The van der Waals surface area contributed by atoms with Crippen molar-refractivity contribution in [3.63, 3.8) is 0 Å². The lowest BCUT2D eigenvalue weighted by Gasteiger charge is -2.12. The number of ether oxygens (including phenoxy) is 2. The van der Waals surface area contributed by atoms with Crippen LogP contribution in [0.3, 0.4) is 0 Å². The Bertz CT molecular complexity index is 899. The van der Waals surface area contributed by atoms with Crippen LogP contribution in [0.2, 0.25) is 5.02 Å². The lowest BCUT2D eigenvalue weighted by atomic mass is 10.1. The summed E-state index contributed by atoms with van der Waals surface area (Å²) in [6.07, 6.45) is 0. The number of methoxy groups -OCH3 is 2. The van der Waals surface area contributed by atoms with Crippen LogP contribution in [0.1, 0.15) is 15.9 Å². The Hall–Kier alpha value is -2.29. The fourth-order valence-electron chi connectivity index (χ4n) is 2.15. The third-order valence-electron chi connectivity index (χ3n) is 3.44. The van der Waals surface area contributed by atoms with Gasteiger partial charge in [-0.15, -0.1) is 0 Å². The van der Waals surface area contributed by atoms with Crippen LogP contribution in [0.15, 0.2) is 41.3 Å². The maximum Gasteiger partial charge on any atom is 0.253 e. The highest BCUT2D eigenvalue weighted by atomic mass is 35.5. The number of hydrogen-bond donors (Lipinski definition) is 2. The fraction of sp³-hybridized carbons (Fsp3) is 0.188. The van der Waals surface area contributed by atoms with Crippen LogP contribution in [0, 0.1) is 0 Å². The lowest BCUT2D eigenvalue weighted by molar-refractivity contribution is 0.0950. The quantitative estimate of drug-likeness (QED) is 0.791. The van der Waals surface area contributed by atoms with Gasteiger partial charge in [-0.2, -0.15) is 0 Å². The Morgan fingerprint density at radius 2 is 1.88 bits per heavy atom. The zero-order valence-electron chi connectivity index (χ0n) is 13.6. The Morgan fingerprint density at radius 1 is 1.16 bits per heavy atom. The average Bonchev–Trinajstić information content (AvgIpc) is 2.58. The largest absolute Gasteiger partial charge is 0.497 e. The minimum Gasteiger partial charge on any atom is -0.497 e. The summed E-state index contributed by atoms with van der Waals surface area (Å²) in [5.74, 6) is 0.644. The standard InChI is InChI=1S/C16H17ClN2O5S/c1-23-11-3-6-15(24-2)10(7-11)9-19-16(20)13-8-12(25(18,21)22)4-5-14(13)17/h3-8H,9H2,1-2H3,(H,19,20)(H2,18,21,22). The molecule has 0 aliphatic carbocycles. The van der Waals surface area contributed by atoms with Crippen molar-refractivity contribution in [2.45, 2.75) is 11.4 Å². The smallest absolute Gasteiger partial charge is 0.253 e. The van der Waals surface area contributed by atoms with Gasteiger partial charge in [0.05, 0.1) is 29.7 Å². The summed E-state index contributed by atoms with van der Waals surface area (Å²) in [5, 5.41) is 7.86. The zero-order chi connectivity index (χ0) is 18.6. The van der Waals surface area contributed by atoms with E-state index in [1.807, 2.05) is 0 Å². The lowest BCUT2D eigenvalue weighted by Crippen LogP contribution is -2.24. The van der Waals surface area contributed by atoms with Gasteiger partial charge in [-0.3, -0.25) is 4.79 Å². The number of sulfonamides is 1. The van der Waals surface area contributed by atoms with Crippen molar-refractivity contribution >= 4 is 27.5 Å². The van der Waals surface area contributed by atoms with Gasteiger partial charge >= 0.3 is 0 Å². The maximum absolute atomic E-state index is 12.4. The first kappa shape index (κ1) is 19.0. The molecule has 0 aromatic heterocycles. The second kappa shape index (κ2) is 7.73. The topological polar surface area (TPSA) is 108 Å².